The third kappa shape index (κ3) is 2.16. The highest BCUT2D eigenvalue weighted by atomic mass is 19.1. The van der Waals surface area contributed by atoms with E-state index in [-0.39, 0.29) is 11.4 Å². The first-order chi connectivity index (χ1) is 9.97. The van der Waals surface area contributed by atoms with Crippen LogP contribution in [0.25, 0.3) is 22.4 Å². The summed E-state index contributed by atoms with van der Waals surface area (Å²) < 4.78 is 15.5. The minimum Gasteiger partial charge on any atom is -0.478 e. The molecular formula is C16H13FN2O2. The van der Waals surface area contributed by atoms with Crippen LogP contribution in [0.2, 0.25) is 0 Å². The van der Waals surface area contributed by atoms with Gasteiger partial charge in [-0.05, 0) is 36.8 Å². The lowest BCUT2D eigenvalue weighted by Crippen LogP contribution is -1.96. The van der Waals surface area contributed by atoms with Gasteiger partial charge >= 0.3 is 5.97 Å². The number of hydrogen-bond acceptors (Lipinski definition) is 2. The first kappa shape index (κ1) is 13.3. The zero-order valence-corrected chi connectivity index (χ0v) is 11.6. The minimum absolute atomic E-state index is 0.183. The maximum Gasteiger partial charge on any atom is 0.335 e. The van der Waals surface area contributed by atoms with Crippen LogP contribution in [0.3, 0.4) is 0 Å². The molecule has 0 amide bonds. The van der Waals surface area contributed by atoms with Gasteiger partial charge in [-0.1, -0.05) is 12.1 Å². The van der Waals surface area contributed by atoms with Crippen molar-refractivity contribution in [3.05, 3.63) is 53.3 Å². The van der Waals surface area contributed by atoms with Crippen molar-refractivity contribution in [2.24, 2.45) is 7.05 Å². The molecule has 0 aliphatic heterocycles. The predicted octanol–water partition coefficient (Wildman–Crippen LogP) is 3.39. The Balaban J connectivity index is 2.21. The topological polar surface area (TPSA) is 55.1 Å². The number of nitrogens with zero attached hydrogens (tertiary/aromatic N) is 2. The Morgan fingerprint density at radius 2 is 2.00 bits per heavy atom. The second-order valence-electron chi connectivity index (χ2n) is 4.97. The van der Waals surface area contributed by atoms with Gasteiger partial charge in [0.1, 0.15) is 11.6 Å². The van der Waals surface area contributed by atoms with E-state index in [1.807, 2.05) is 11.6 Å². The number of fused-ring (bicyclic) bond motifs is 1. The maximum atomic E-state index is 13.7. The van der Waals surface area contributed by atoms with Gasteiger partial charge in [0.2, 0.25) is 0 Å². The largest absolute Gasteiger partial charge is 0.478 e. The zero-order valence-electron chi connectivity index (χ0n) is 11.6. The number of carbonyl (C=O) groups is 1. The van der Waals surface area contributed by atoms with Crippen molar-refractivity contribution in [2.45, 2.75) is 6.92 Å². The van der Waals surface area contributed by atoms with Gasteiger partial charge in [0.25, 0.3) is 0 Å². The van der Waals surface area contributed by atoms with Crippen molar-refractivity contribution in [3.63, 3.8) is 0 Å². The molecule has 0 aliphatic carbocycles. The van der Waals surface area contributed by atoms with Crippen molar-refractivity contribution >= 4 is 17.0 Å². The summed E-state index contributed by atoms with van der Waals surface area (Å²) in [5.74, 6) is -0.678. The predicted molar refractivity (Wildman–Crippen MR) is 77.8 cm³/mol. The molecular weight excluding hydrogens is 271 g/mol. The molecule has 5 heteroatoms. The highest BCUT2D eigenvalue weighted by Gasteiger charge is 2.13. The van der Waals surface area contributed by atoms with Crippen molar-refractivity contribution < 1.29 is 14.3 Å². The molecule has 1 aromatic heterocycles. The number of aromatic nitrogens is 2. The van der Waals surface area contributed by atoms with E-state index in [1.165, 1.54) is 18.2 Å². The van der Waals surface area contributed by atoms with Gasteiger partial charge in [0.15, 0.2) is 0 Å². The van der Waals surface area contributed by atoms with Gasteiger partial charge in [0.05, 0.1) is 16.6 Å². The first-order valence-electron chi connectivity index (χ1n) is 6.43. The molecule has 3 aromatic rings. The van der Waals surface area contributed by atoms with Gasteiger partial charge in [-0.15, -0.1) is 0 Å². The second kappa shape index (κ2) is 4.70. The fourth-order valence-corrected chi connectivity index (χ4v) is 2.32. The second-order valence-corrected chi connectivity index (χ2v) is 4.97. The molecule has 0 spiro atoms. The molecule has 0 bridgehead atoms. The van der Waals surface area contributed by atoms with Gasteiger partial charge in [-0.2, -0.15) is 0 Å². The molecule has 21 heavy (non-hydrogen) atoms. The molecule has 0 fully saturated rings. The van der Waals surface area contributed by atoms with Gasteiger partial charge in [0, 0.05) is 12.6 Å². The Morgan fingerprint density at radius 1 is 1.24 bits per heavy atom. The quantitative estimate of drug-likeness (QED) is 0.784. The van der Waals surface area contributed by atoms with Crippen LogP contribution < -0.4 is 0 Å². The molecule has 0 saturated carbocycles. The molecule has 0 aliphatic rings. The number of rotatable bonds is 2. The van der Waals surface area contributed by atoms with Crippen LogP contribution in [0.4, 0.5) is 4.39 Å². The number of aromatic carboxylic acids is 1. The van der Waals surface area contributed by atoms with E-state index in [2.05, 4.69) is 4.98 Å². The highest BCUT2D eigenvalue weighted by Crippen LogP contribution is 2.25. The molecule has 4 nitrogen and oxygen atoms in total. The van der Waals surface area contributed by atoms with Crippen molar-refractivity contribution in [2.75, 3.05) is 0 Å². The number of imidazole rings is 1. The fourth-order valence-electron chi connectivity index (χ4n) is 2.32. The number of carboxylic acids is 1. The Morgan fingerprint density at radius 3 is 2.67 bits per heavy atom. The van der Waals surface area contributed by atoms with E-state index in [1.54, 1.807) is 25.1 Å². The van der Waals surface area contributed by atoms with E-state index < -0.39 is 5.97 Å². The Labute approximate surface area is 120 Å². The number of aryl methyl sites for hydroxylation is 2. The maximum absolute atomic E-state index is 13.7. The minimum atomic E-state index is -0.995. The van der Waals surface area contributed by atoms with Crippen LogP contribution >= 0.6 is 0 Å². The van der Waals surface area contributed by atoms with Crippen molar-refractivity contribution in [3.8, 4) is 11.4 Å². The summed E-state index contributed by atoms with van der Waals surface area (Å²) in [5.41, 5.74) is 2.80. The van der Waals surface area contributed by atoms with E-state index >= 15 is 0 Å². The van der Waals surface area contributed by atoms with Crippen molar-refractivity contribution in [1.82, 2.24) is 9.55 Å². The third-order valence-corrected chi connectivity index (χ3v) is 3.56. The molecule has 3 rings (SSSR count). The van der Waals surface area contributed by atoms with E-state index in [9.17, 15) is 9.18 Å². The summed E-state index contributed by atoms with van der Waals surface area (Å²) in [6.45, 7) is 1.70. The summed E-state index contributed by atoms with van der Waals surface area (Å²) >= 11 is 0. The molecule has 106 valence electrons. The molecule has 0 atom stereocenters. The average molecular weight is 284 g/mol. The molecule has 2 aromatic carbocycles. The monoisotopic (exact) mass is 284 g/mol. The summed E-state index contributed by atoms with van der Waals surface area (Å²) in [7, 11) is 1.82. The third-order valence-electron chi connectivity index (χ3n) is 3.56. The van der Waals surface area contributed by atoms with Crippen LogP contribution in [0.15, 0.2) is 36.4 Å². The molecule has 0 saturated heterocycles. The smallest absolute Gasteiger partial charge is 0.335 e. The standard InChI is InChI=1S/C16H13FN2O2/c1-9-3-4-10(7-12(9)17)15-18-13-8-11(16(20)21)5-6-14(13)19(15)2/h3-8H,1-2H3,(H,20,21). The van der Waals surface area contributed by atoms with Crippen LogP contribution in [0, 0.1) is 12.7 Å². The SMILES string of the molecule is Cc1ccc(-c2nc3cc(C(=O)O)ccc3n2C)cc1F. The van der Waals surface area contributed by atoms with Crippen LogP contribution in [-0.4, -0.2) is 20.6 Å². The Bertz CT molecular complexity index is 868. The number of benzene rings is 2. The molecule has 1 N–H and O–H groups in total. The lowest BCUT2D eigenvalue weighted by Gasteiger charge is -2.04. The average Bonchev–Trinajstić information content (AvgIpc) is 2.78. The van der Waals surface area contributed by atoms with E-state index in [4.69, 9.17) is 5.11 Å². The summed E-state index contributed by atoms with van der Waals surface area (Å²) in [6, 6.07) is 9.70. The van der Waals surface area contributed by atoms with Gasteiger partial charge in [-0.25, -0.2) is 14.2 Å². The molecule has 0 unspecified atom stereocenters. The number of carboxylic acid groups (broad SMARTS) is 1. The lowest BCUT2D eigenvalue weighted by atomic mass is 10.1. The molecule has 0 radical (unpaired) electrons. The van der Waals surface area contributed by atoms with Crippen LogP contribution in [0.5, 0.6) is 0 Å². The van der Waals surface area contributed by atoms with Crippen LogP contribution in [-0.2, 0) is 7.05 Å². The number of halogens is 1. The summed E-state index contributed by atoms with van der Waals surface area (Å²) in [4.78, 5) is 15.4. The van der Waals surface area contributed by atoms with Crippen molar-refractivity contribution in [1.29, 1.82) is 0 Å². The lowest BCUT2D eigenvalue weighted by molar-refractivity contribution is 0.0697. The Kier molecular flexibility index (Phi) is 2.97. The normalized spacial score (nSPS) is 11.0. The molecule has 1 heterocycles. The summed E-state index contributed by atoms with van der Waals surface area (Å²) in [5, 5.41) is 9.02. The van der Waals surface area contributed by atoms with Gasteiger partial charge < -0.3 is 9.67 Å². The van der Waals surface area contributed by atoms with Crippen LogP contribution in [0.1, 0.15) is 15.9 Å². The Hall–Kier alpha value is -2.69. The zero-order chi connectivity index (χ0) is 15.1. The van der Waals surface area contributed by atoms with E-state index in [0.717, 1.165) is 5.52 Å². The number of hydrogen-bond donors (Lipinski definition) is 1. The first-order valence-corrected chi connectivity index (χ1v) is 6.43. The summed E-state index contributed by atoms with van der Waals surface area (Å²) in [6.07, 6.45) is 0. The van der Waals surface area contributed by atoms with Gasteiger partial charge in [-0.3, -0.25) is 0 Å². The highest BCUT2D eigenvalue weighted by molar-refractivity contribution is 5.93. The fraction of sp³-hybridized carbons (Fsp3) is 0.125. The van der Waals surface area contributed by atoms with E-state index in [0.29, 0.717) is 22.5 Å².